The van der Waals surface area contributed by atoms with Gasteiger partial charge in [-0.25, -0.2) is 9.97 Å². The third-order valence-electron chi connectivity index (χ3n) is 3.45. The predicted molar refractivity (Wildman–Crippen MR) is 99.8 cm³/mol. The maximum atomic E-state index is 5.95. The van der Waals surface area contributed by atoms with E-state index in [0.29, 0.717) is 5.02 Å². The lowest BCUT2D eigenvalue weighted by Crippen LogP contribution is -1.94. The molecule has 0 aliphatic carbocycles. The van der Waals surface area contributed by atoms with Crippen LogP contribution in [0.3, 0.4) is 0 Å². The largest absolute Gasteiger partial charge is 0.497 e. The molecule has 24 heavy (non-hydrogen) atoms. The van der Waals surface area contributed by atoms with E-state index in [1.54, 1.807) is 18.9 Å². The highest BCUT2D eigenvalue weighted by molar-refractivity contribution is 7.98. The highest BCUT2D eigenvalue weighted by Crippen LogP contribution is 2.26. The van der Waals surface area contributed by atoms with Crippen molar-refractivity contribution in [3.05, 3.63) is 70.9 Å². The zero-order valence-electron chi connectivity index (χ0n) is 13.5. The zero-order valence-corrected chi connectivity index (χ0v) is 15.1. The topological polar surface area (TPSA) is 35.0 Å². The second kappa shape index (κ2) is 7.69. The summed E-state index contributed by atoms with van der Waals surface area (Å²) in [6.45, 7) is 1.98. The highest BCUT2D eigenvalue weighted by atomic mass is 35.5. The normalized spacial score (nSPS) is 10.6. The van der Waals surface area contributed by atoms with Crippen molar-refractivity contribution in [1.29, 1.82) is 0 Å². The van der Waals surface area contributed by atoms with Gasteiger partial charge in [-0.3, -0.25) is 0 Å². The van der Waals surface area contributed by atoms with Gasteiger partial charge in [-0.2, -0.15) is 0 Å². The van der Waals surface area contributed by atoms with Crippen LogP contribution in [0.4, 0.5) is 0 Å². The monoisotopic (exact) mass is 356 g/mol. The second-order valence-corrected chi connectivity index (χ2v) is 6.75. The molecule has 3 aromatic rings. The lowest BCUT2D eigenvalue weighted by atomic mass is 10.2. The Morgan fingerprint density at radius 2 is 1.83 bits per heavy atom. The van der Waals surface area contributed by atoms with Gasteiger partial charge in [0.05, 0.1) is 7.11 Å². The smallest absolute Gasteiger partial charge is 0.160 e. The van der Waals surface area contributed by atoms with E-state index >= 15 is 0 Å². The molecular formula is C19H17ClN2OS. The van der Waals surface area contributed by atoms with Crippen LogP contribution in [-0.4, -0.2) is 17.1 Å². The molecule has 0 radical (unpaired) electrons. The van der Waals surface area contributed by atoms with E-state index in [1.165, 1.54) is 5.56 Å². The summed E-state index contributed by atoms with van der Waals surface area (Å²) in [5.41, 5.74) is 3.11. The van der Waals surface area contributed by atoms with Crippen LogP contribution in [0, 0.1) is 6.92 Å². The van der Waals surface area contributed by atoms with E-state index in [0.717, 1.165) is 33.6 Å². The van der Waals surface area contributed by atoms with Gasteiger partial charge in [0.15, 0.2) is 5.82 Å². The van der Waals surface area contributed by atoms with Crippen molar-refractivity contribution >= 4 is 23.4 Å². The number of methoxy groups -OCH3 is 1. The van der Waals surface area contributed by atoms with E-state index in [-0.39, 0.29) is 0 Å². The minimum atomic E-state index is 0.707. The summed E-state index contributed by atoms with van der Waals surface area (Å²) in [6, 6.07) is 17.7. The highest BCUT2D eigenvalue weighted by Gasteiger charge is 2.06. The molecule has 0 atom stereocenters. The number of thioether (sulfide) groups is 1. The fraction of sp³-hybridized carbons (Fsp3) is 0.158. The maximum absolute atomic E-state index is 5.95. The Morgan fingerprint density at radius 1 is 1.04 bits per heavy atom. The van der Waals surface area contributed by atoms with Crippen molar-refractivity contribution in [1.82, 2.24) is 9.97 Å². The number of hydrogen-bond acceptors (Lipinski definition) is 4. The number of benzene rings is 2. The first-order chi connectivity index (χ1) is 11.6. The lowest BCUT2D eigenvalue weighted by molar-refractivity contribution is 0.414. The van der Waals surface area contributed by atoms with E-state index in [2.05, 4.69) is 16.0 Å². The van der Waals surface area contributed by atoms with Gasteiger partial charge in [0.25, 0.3) is 0 Å². The van der Waals surface area contributed by atoms with Gasteiger partial charge in [-0.05, 0) is 55.0 Å². The van der Waals surface area contributed by atoms with Gasteiger partial charge in [-0.15, -0.1) is 11.8 Å². The van der Waals surface area contributed by atoms with Crippen LogP contribution in [0.2, 0.25) is 5.02 Å². The standard InChI is InChI=1S/C19H17ClN2OS/c1-13-10-18(24-12-14-4-3-5-17(11-14)23-2)22-19(21-13)15-6-8-16(20)9-7-15/h3-11H,12H2,1-2H3. The fourth-order valence-corrected chi connectivity index (χ4v) is 3.29. The number of nitrogens with zero attached hydrogens (tertiary/aromatic N) is 2. The molecule has 0 N–H and O–H groups in total. The summed E-state index contributed by atoms with van der Waals surface area (Å²) >= 11 is 7.63. The predicted octanol–water partition coefficient (Wildman–Crippen LogP) is 5.41. The summed E-state index contributed by atoms with van der Waals surface area (Å²) in [6.07, 6.45) is 0. The molecular weight excluding hydrogens is 340 g/mol. The molecule has 0 fully saturated rings. The molecule has 1 aromatic heterocycles. The summed E-state index contributed by atoms with van der Waals surface area (Å²) < 4.78 is 5.27. The van der Waals surface area contributed by atoms with Gasteiger partial charge in [0, 0.05) is 22.0 Å². The number of rotatable bonds is 5. The number of hydrogen-bond donors (Lipinski definition) is 0. The van der Waals surface area contributed by atoms with Crippen molar-refractivity contribution in [2.75, 3.05) is 7.11 Å². The molecule has 0 aliphatic heterocycles. The molecule has 0 saturated carbocycles. The van der Waals surface area contributed by atoms with Crippen LogP contribution in [0.25, 0.3) is 11.4 Å². The van der Waals surface area contributed by atoms with Gasteiger partial charge in [0.1, 0.15) is 10.8 Å². The van der Waals surface area contributed by atoms with Gasteiger partial charge < -0.3 is 4.74 Å². The fourth-order valence-electron chi connectivity index (χ4n) is 2.26. The SMILES string of the molecule is COc1cccc(CSc2cc(C)nc(-c3ccc(Cl)cc3)n2)c1. The zero-order chi connectivity index (χ0) is 16.9. The summed E-state index contributed by atoms with van der Waals surface area (Å²) in [7, 11) is 1.68. The molecule has 0 saturated heterocycles. The second-order valence-electron chi connectivity index (χ2n) is 5.32. The molecule has 0 bridgehead atoms. The van der Waals surface area contributed by atoms with Crippen molar-refractivity contribution in [2.45, 2.75) is 17.7 Å². The van der Waals surface area contributed by atoms with Crippen molar-refractivity contribution in [2.24, 2.45) is 0 Å². The van der Waals surface area contributed by atoms with Gasteiger partial charge >= 0.3 is 0 Å². The molecule has 122 valence electrons. The van der Waals surface area contributed by atoms with Crippen LogP contribution in [0.15, 0.2) is 59.6 Å². The Morgan fingerprint density at radius 3 is 2.58 bits per heavy atom. The Hall–Kier alpha value is -2.04. The minimum Gasteiger partial charge on any atom is -0.497 e. The van der Waals surface area contributed by atoms with E-state index in [1.807, 2.05) is 55.5 Å². The molecule has 2 aromatic carbocycles. The first-order valence-electron chi connectivity index (χ1n) is 7.51. The van der Waals surface area contributed by atoms with Crippen LogP contribution >= 0.6 is 23.4 Å². The summed E-state index contributed by atoms with van der Waals surface area (Å²) in [4.78, 5) is 9.20. The molecule has 0 amide bonds. The molecule has 0 aliphatic rings. The van der Waals surface area contributed by atoms with Crippen molar-refractivity contribution < 1.29 is 4.74 Å². The lowest BCUT2D eigenvalue weighted by Gasteiger charge is -2.07. The van der Waals surface area contributed by atoms with Gasteiger partial charge in [0.2, 0.25) is 0 Å². The van der Waals surface area contributed by atoms with Crippen molar-refractivity contribution in [3.8, 4) is 17.1 Å². The van der Waals surface area contributed by atoms with Gasteiger partial charge in [-0.1, -0.05) is 23.7 Å². The maximum Gasteiger partial charge on any atom is 0.160 e. The number of ether oxygens (including phenoxy) is 1. The quantitative estimate of drug-likeness (QED) is 0.452. The van der Waals surface area contributed by atoms with Crippen LogP contribution in [-0.2, 0) is 5.75 Å². The minimum absolute atomic E-state index is 0.707. The molecule has 1 heterocycles. The summed E-state index contributed by atoms with van der Waals surface area (Å²) in [5, 5.41) is 1.66. The first kappa shape index (κ1) is 16.8. The molecule has 0 spiro atoms. The van der Waals surface area contributed by atoms with E-state index < -0.39 is 0 Å². The summed E-state index contributed by atoms with van der Waals surface area (Å²) in [5.74, 6) is 2.42. The molecule has 3 rings (SSSR count). The van der Waals surface area contributed by atoms with Crippen LogP contribution < -0.4 is 4.74 Å². The molecule has 0 unspecified atom stereocenters. The number of halogens is 1. The Labute approximate surface area is 151 Å². The van der Waals surface area contributed by atoms with Crippen molar-refractivity contribution in [3.63, 3.8) is 0 Å². The molecule has 3 nitrogen and oxygen atoms in total. The Kier molecular flexibility index (Phi) is 5.38. The molecule has 5 heteroatoms. The number of aromatic nitrogens is 2. The number of aryl methyl sites for hydroxylation is 1. The third-order valence-corrected chi connectivity index (χ3v) is 4.69. The first-order valence-corrected chi connectivity index (χ1v) is 8.88. The average molecular weight is 357 g/mol. The average Bonchev–Trinajstić information content (AvgIpc) is 2.60. The van der Waals surface area contributed by atoms with E-state index in [4.69, 9.17) is 16.3 Å². The van der Waals surface area contributed by atoms with Crippen LogP contribution in [0.1, 0.15) is 11.3 Å². The third kappa shape index (κ3) is 4.28. The Balaban J connectivity index is 1.79. The van der Waals surface area contributed by atoms with E-state index in [9.17, 15) is 0 Å². The Bertz CT molecular complexity index is 837. The van der Waals surface area contributed by atoms with Crippen LogP contribution in [0.5, 0.6) is 5.75 Å².